The van der Waals surface area contributed by atoms with Gasteiger partial charge in [0.1, 0.15) is 5.82 Å². The fraction of sp³-hybridized carbons (Fsp3) is 0.333. The van der Waals surface area contributed by atoms with E-state index in [1.54, 1.807) is 12.3 Å². The fourth-order valence-electron chi connectivity index (χ4n) is 2.46. The van der Waals surface area contributed by atoms with Crippen LogP contribution in [-0.2, 0) is 4.79 Å². The molecule has 1 saturated heterocycles. The topological polar surface area (TPSA) is 54.0 Å². The van der Waals surface area contributed by atoms with Crippen LogP contribution in [0.3, 0.4) is 0 Å². The Bertz CT molecular complexity index is 686. The van der Waals surface area contributed by atoms with E-state index >= 15 is 0 Å². The van der Waals surface area contributed by atoms with Gasteiger partial charge in [0.2, 0.25) is 0 Å². The number of aromatic nitrogens is 1. The Hall–Kier alpha value is -1.53. The molecule has 2 heterocycles. The van der Waals surface area contributed by atoms with Crippen molar-refractivity contribution in [2.45, 2.75) is 18.5 Å². The van der Waals surface area contributed by atoms with Crippen molar-refractivity contribution >= 4 is 38.4 Å². The van der Waals surface area contributed by atoms with E-state index in [0.29, 0.717) is 18.9 Å². The zero-order valence-electron chi connectivity index (χ0n) is 11.3. The van der Waals surface area contributed by atoms with Crippen molar-refractivity contribution in [3.05, 3.63) is 34.9 Å². The average Bonchev–Trinajstić information content (AvgIpc) is 2.47. The minimum absolute atomic E-state index is 0.192. The monoisotopic (exact) mass is 351 g/mol. The van der Waals surface area contributed by atoms with E-state index in [4.69, 9.17) is 0 Å². The van der Waals surface area contributed by atoms with Crippen molar-refractivity contribution < 1.29 is 9.18 Å². The molecular formula is C15H15BrFN3O. The number of nitrogens with one attached hydrogen (secondary N) is 2. The highest BCUT2D eigenvalue weighted by Gasteiger charge is 2.39. The summed E-state index contributed by atoms with van der Waals surface area (Å²) in [6.07, 6.45) is 2.06. The van der Waals surface area contributed by atoms with E-state index in [2.05, 4.69) is 31.5 Å². The quantitative estimate of drug-likeness (QED) is 0.874. The zero-order valence-corrected chi connectivity index (χ0v) is 12.9. The first-order valence-electron chi connectivity index (χ1n) is 6.83. The lowest BCUT2D eigenvalue weighted by molar-refractivity contribution is -0.129. The molecule has 2 N–H and O–H groups in total. The highest BCUT2D eigenvalue weighted by molar-refractivity contribution is 9.10. The average molecular weight is 352 g/mol. The second-order valence-electron chi connectivity index (χ2n) is 5.23. The second-order valence-corrected chi connectivity index (χ2v) is 6.15. The molecule has 0 atom stereocenters. The molecule has 3 rings (SSSR count). The molecular weight excluding hydrogens is 337 g/mol. The Morgan fingerprint density at radius 3 is 2.81 bits per heavy atom. The van der Waals surface area contributed by atoms with Gasteiger partial charge in [0.15, 0.2) is 5.67 Å². The molecule has 0 saturated carbocycles. The molecule has 6 heteroatoms. The van der Waals surface area contributed by atoms with E-state index in [1.165, 1.54) is 0 Å². The summed E-state index contributed by atoms with van der Waals surface area (Å²) in [5.74, 6) is -0.230. The Morgan fingerprint density at radius 2 is 2.05 bits per heavy atom. The van der Waals surface area contributed by atoms with Crippen molar-refractivity contribution in [2.75, 3.05) is 18.4 Å². The third-order valence-electron chi connectivity index (χ3n) is 3.73. The predicted octanol–water partition coefficient (Wildman–Crippen LogP) is 3.03. The number of piperidine rings is 1. The molecule has 1 aromatic carbocycles. The summed E-state index contributed by atoms with van der Waals surface area (Å²) in [5.41, 5.74) is -1.81. The summed E-state index contributed by atoms with van der Waals surface area (Å²) in [7, 11) is 0. The number of carbonyl (C=O) groups excluding carboxylic acids is 1. The molecule has 0 aliphatic carbocycles. The van der Waals surface area contributed by atoms with Gasteiger partial charge >= 0.3 is 0 Å². The smallest absolute Gasteiger partial charge is 0.263 e. The minimum Gasteiger partial charge on any atom is -0.316 e. The number of carbonyl (C=O) groups is 1. The van der Waals surface area contributed by atoms with Crippen LogP contribution in [0.2, 0.25) is 0 Å². The minimum atomic E-state index is -1.81. The summed E-state index contributed by atoms with van der Waals surface area (Å²) in [4.78, 5) is 16.3. The van der Waals surface area contributed by atoms with Crippen LogP contribution < -0.4 is 10.6 Å². The number of hydrogen-bond donors (Lipinski definition) is 2. The number of alkyl halides is 1. The normalized spacial score (nSPS) is 17.6. The van der Waals surface area contributed by atoms with Gasteiger partial charge in [-0.15, -0.1) is 0 Å². The molecule has 2 aromatic rings. The molecule has 0 radical (unpaired) electrons. The van der Waals surface area contributed by atoms with Gasteiger partial charge < -0.3 is 10.6 Å². The third kappa shape index (κ3) is 3.06. The maximum Gasteiger partial charge on any atom is 0.263 e. The van der Waals surface area contributed by atoms with Crippen molar-refractivity contribution in [3.63, 3.8) is 0 Å². The van der Waals surface area contributed by atoms with Crippen molar-refractivity contribution in [1.82, 2.24) is 10.3 Å². The van der Waals surface area contributed by atoms with Crippen molar-refractivity contribution in [3.8, 4) is 0 Å². The van der Waals surface area contributed by atoms with Gasteiger partial charge in [-0.2, -0.15) is 0 Å². The molecule has 1 aromatic heterocycles. The maximum atomic E-state index is 14.5. The lowest BCUT2D eigenvalue weighted by Gasteiger charge is -2.28. The van der Waals surface area contributed by atoms with Crippen molar-refractivity contribution in [1.29, 1.82) is 0 Å². The van der Waals surface area contributed by atoms with Crippen LogP contribution in [-0.4, -0.2) is 29.6 Å². The van der Waals surface area contributed by atoms with E-state index in [1.807, 2.05) is 18.2 Å². The van der Waals surface area contributed by atoms with Crippen LogP contribution in [0.5, 0.6) is 0 Å². The van der Waals surface area contributed by atoms with Crippen molar-refractivity contribution in [2.24, 2.45) is 0 Å². The summed E-state index contributed by atoms with van der Waals surface area (Å²) in [5, 5.41) is 7.55. The molecule has 0 spiro atoms. The molecule has 4 nitrogen and oxygen atoms in total. The lowest BCUT2D eigenvalue weighted by Crippen LogP contribution is -2.47. The number of fused-ring (bicyclic) bond motifs is 1. The number of benzene rings is 1. The van der Waals surface area contributed by atoms with Gasteiger partial charge in [-0.25, -0.2) is 9.37 Å². The third-order valence-corrected chi connectivity index (χ3v) is 4.22. The molecule has 1 aliphatic rings. The first kappa shape index (κ1) is 14.4. The standard InChI is InChI=1S/C15H15BrFN3O/c16-12-2-1-10-9-19-13(8-11(10)7-12)20-14(21)15(17)3-5-18-6-4-15/h1-2,7-9,18H,3-6H2,(H,19,20,21). The van der Waals surface area contributed by atoms with Crippen LogP contribution in [0.4, 0.5) is 10.2 Å². The number of pyridine rings is 1. The molecule has 0 bridgehead atoms. The van der Waals surface area contributed by atoms with Crippen LogP contribution in [0.1, 0.15) is 12.8 Å². The number of rotatable bonds is 2. The van der Waals surface area contributed by atoms with Crippen LogP contribution >= 0.6 is 15.9 Å². The molecule has 1 aliphatic heterocycles. The number of halogens is 2. The van der Waals surface area contributed by atoms with Gasteiger partial charge in [-0.05, 0) is 36.7 Å². The summed E-state index contributed by atoms with van der Waals surface area (Å²) >= 11 is 3.40. The molecule has 1 amide bonds. The van der Waals surface area contributed by atoms with E-state index in [0.717, 1.165) is 15.2 Å². The van der Waals surface area contributed by atoms with Crippen LogP contribution in [0, 0.1) is 0 Å². The summed E-state index contributed by atoms with van der Waals surface area (Å²) in [6, 6.07) is 7.54. The van der Waals surface area contributed by atoms with E-state index in [-0.39, 0.29) is 12.8 Å². The molecule has 0 unspecified atom stereocenters. The van der Waals surface area contributed by atoms with Crippen LogP contribution in [0.25, 0.3) is 10.8 Å². The van der Waals surface area contributed by atoms with Gasteiger partial charge in [0.25, 0.3) is 5.91 Å². The van der Waals surface area contributed by atoms with Gasteiger partial charge in [-0.1, -0.05) is 22.0 Å². The van der Waals surface area contributed by atoms with Gasteiger partial charge in [0, 0.05) is 28.9 Å². The highest BCUT2D eigenvalue weighted by Crippen LogP contribution is 2.26. The maximum absolute atomic E-state index is 14.5. The Labute approximate surface area is 130 Å². The number of nitrogens with zero attached hydrogens (tertiary/aromatic N) is 1. The number of anilines is 1. The molecule has 21 heavy (non-hydrogen) atoms. The number of hydrogen-bond acceptors (Lipinski definition) is 3. The SMILES string of the molecule is O=C(Nc1cc2cc(Br)ccc2cn1)C1(F)CCNCC1. The lowest BCUT2D eigenvalue weighted by atomic mass is 9.93. The highest BCUT2D eigenvalue weighted by atomic mass is 79.9. The Kier molecular flexibility index (Phi) is 3.91. The first-order chi connectivity index (χ1) is 10.1. The predicted molar refractivity (Wildman–Crippen MR) is 84.0 cm³/mol. The molecule has 110 valence electrons. The second kappa shape index (κ2) is 5.69. The Morgan fingerprint density at radius 1 is 1.29 bits per heavy atom. The van der Waals surface area contributed by atoms with Crippen LogP contribution in [0.15, 0.2) is 34.9 Å². The zero-order chi connectivity index (χ0) is 14.9. The van der Waals surface area contributed by atoms with E-state index < -0.39 is 11.6 Å². The summed E-state index contributed by atoms with van der Waals surface area (Å²) < 4.78 is 15.5. The first-order valence-corrected chi connectivity index (χ1v) is 7.63. The Balaban J connectivity index is 1.82. The summed E-state index contributed by atoms with van der Waals surface area (Å²) in [6.45, 7) is 1.03. The fourth-order valence-corrected chi connectivity index (χ4v) is 2.84. The van der Waals surface area contributed by atoms with Gasteiger partial charge in [-0.3, -0.25) is 4.79 Å². The van der Waals surface area contributed by atoms with E-state index in [9.17, 15) is 9.18 Å². The number of amides is 1. The van der Waals surface area contributed by atoms with Gasteiger partial charge in [0.05, 0.1) is 0 Å². The largest absolute Gasteiger partial charge is 0.316 e. The molecule has 1 fully saturated rings.